The van der Waals surface area contributed by atoms with Crippen LogP contribution in [0.1, 0.15) is 36.5 Å². The van der Waals surface area contributed by atoms with Gasteiger partial charge in [-0.3, -0.25) is 20.4 Å². The normalized spacial score (nSPS) is 20.3. The minimum absolute atomic E-state index is 0.0237. The molecule has 2 aliphatic rings. The van der Waals surface area contributed by atoms with Gasteiger partial charge in [-0.25, -0.2) is 13.1 Å². The molecule has 2 fully saturated rings. The summed E-state index contributed by atoms with van der Waals surface area (Å²) in [6.45, 7) is 2.03. The predicted octanol–water partition coefficient (Wildman–Crippen LogP) is 2.48. The van der Waals surface area contributed by atoms with Crippen molar-refractivity contribution < 1.29 is 18.0 Å². The number of hydrazine groups is 1. The van der Waals surface area contributed by atoms with Crippen molar-refractivity contribution >= 4 is 33.2 Å². The van der Waals surface area contributed by atoms with Crippen LogP contribution in [0.25, 0.3) is 0 Å². The molecule has 2 aromatic rings. The maximum atomic E-state index is 12.4. The second-order valence-electron chi connectivity index (χ2n) is 7.89. The number of carbonyl (C=O) groups excluding carboxylic acids is 2. The van der Waals surface area contributed by atoms with Crippen LogP contribution in [0.2, 0.25) is 0 Å². The second-order valence-corrected chi connectivity index (χ2v) is 9.60. The summed E-state index contributed by atoms with van der Waals surface area (Å²) in [5.41, 5.74) is 6.84. The average Bonchev–Trinajstić information content (AvgIpc) is 3.65. The molecule has 4 N–H and O–H groups in total. The summed E-state index contributed by atoms with van der Waals surface area (Å²) in [7, 11) is -3.51. The number of hydrogen-bond acceptors (Lipinski definition) is 5. The summed E-state index contributed by atoms with van der Waals surface area (Å²) >= 11 is 0. The third-order valence-corrected chi connectivity index (χ3v) is 6.76. The lowest BCUT2D eigenvalue weighted by Crippen LogP contribution is -2.29. The van der Waals surface area contributed by atoms with Crippen molar-refractivity contribution in [2.45, 2.75) is 37.1 Å². The maximum Gasteiger partial charge on any atom is 0.269 e. The molecule has 158 valence electrons. The molecule has 0 bridgehead atoms. The Morgan fingerprint density at radius 3 is 2.33 bits per heavy atom. The van der Waals surface area contributed by atoms with Crippen molar-refractivity contribution in [2.75, 3.05) is 10.7 Å². The Balaban J connectivity index is 1.33. The van der Waals surface area contributed by atoms with Crippen molar-refractivity contribution in [1.29, 1.82) is 0 Å². The van der Waals surface area contributed by atoms with Crippen molar-refractivity contribution in [2.24, 2.45) is 11.8 Å². The van der Waals surface area contributed by atoms with E-state index in [0.29, 0.717) is 22.9 Å². The first-order valence-corrected chi connectivity index (χ1v) is 11.4. The van der Waals surface area contributed by atoms with Gasteiger partial charge in [0.25, 0.3) is 5.91 Å². The molecule has 30 heavy (non-hydrogen) atoms. The molecule has 2 saturated carbocycles. The topological polar surface area (TPSA) is 116 Å². The lowest BCUT2D eigenvalue weighted by Gasteiger charge is -2.11. The molecule has 0 spiro atoms. The third-order valence-electron chi connectivity index (χ3n) is 5.22. The predicted molar refractivity (Wildman–Crippen MR) is 113 cm³/mol. The third kappa shape index (κ3) is 4.98. The summed E-state index contributed by atoms with van der Waals surface area (Å²) < 4.78 is 27.0. The summed E-state index contributed by atoms with van der Waals surface area (Å²) in [6.07, 6.45) is 2.64. The van der Waals surface area contributed by atoms with Crippen LogP contribution in [0.3, 0.4) is 0 Å². The average molecular weight is 429 g/mol. The summed E-state index contributed by atoms with van der Waals surface area (Å²) in [5, 5.41) is 2.84. The molecule has 2 unspecified atom stereocenters. The van der Waals surface area contributed by atoms with E-state index in [1.165, 1.54) is 12.1 Å². The van der Waals surface area contributed by atoms with E-state index in [-0.39, 0.29) is 28.7 Å². The molecule has 0 heterocycles. The molecule has 4 rings (SSSR count). The summed E-state index contributed by atoms with van der Waals surface area (Å²) in [4.78, 5) is 24.7. The van der Waals surface area contributed by atoms with Gasteiger partial charge in [0, 0.05) is 23.2 Å². The van der Waals surface area contributed by atoms with Gasteiger partial charge in [0.2, 0.25) is 15.9 Å². The highest BCUT2D eigenvalue weighted by Crippen LogP contribution is 2.38. The Hall–Kier alpha value is -2.91. The van der Waals surface area contributed by atoms with Crippen LogP contribution in [0.4, 0.5) is 11.4 Å². The molecule has 0 aromatic heterocycles. The van der Waals surface area contributed by atoms with Gasteiger partial charge in [-0.1, -0.05) is 13.0 Å². The number of nitrogens with one attached hydrogen (secondary N) is 4. The molecular weight excluding hydrogens is 404 g/mol. The SMILES string of the molecule is CC1CC1C(=O)Nc1cccc(C(=O)NNc2ccc(S(=O)(=O)NC3CC3)cc2)c1. The van der Waals surface area contributed by atoms with Crippen LogP contribution in [-0.4, -0.2) is 26.3 Å². The Morgan fingerprint density at radius 1 is 1.00 bits per heavy atom. The summed E-state index contributed by atoms with van der Waals surface area (Å²) in [5.74, 6) is 0.0596. The fourth-order valence-electron chi connectivity index (χ4n) is 3.07. The van der Waals surface area contributed by atoms with E-state index in [2.05, 4.69) is 20.9 Å². The van der Waals surface area contributed by atoms with E-state index in [0.717, 1.165) is 19.3 Å². The highest BCUT2D eigenvalue weighted by atomic mass is 32.2. The van der Waals surface area contributed by atoms with Crippen molar-refractivity contribution in [3.8, 4) is 0 Å². The fourth-order valence-corrected chi connectivity index (χ4v) is 4.37. The zero-order valence-corrected chi connectivity index (χ0v) is 17.3. The maximum absolute atomic E-state index is 12.4. The standard InChI is InChI=1S/C21H24N4O4S/c1-13-11-19(13)21(27)22-17-4-2-3-14(12-17)20(26)24-23-15-7-9-18(10-8-15)30(28,29)25-16-5-6-16/h2-4,7-10,12-13,16,19,23,25H,5-6,11H2,1H3,(H,22,27)(H,24,26). The molecule has 2 aromatic carbocycles. The zero-order chi connectivity index (χ0) is 21.3. The number of carbonyl (C=O) groups is 2. The van der Waals surface area contributed by atoms with E-state index in [9.17, 15) is 18.0 Å². The zero-order valence-electron chi connectivity index (χ0n) is 16.5. The quantitative estimate of drug-likeness (QED) is 0.482. The highest BCUT2D eigenvalue weighted by molar-refractivity contribution is 7.89. The fraction of sp³-hybridized carbons (Fsp3) is 0.333. The van der Waals surface area contributed by atoms with Gasteiger partial charge in [0.15, 0.2) is 0 Å². The monoisotopic (exact) mass is 428 g/mol. The highest BCUT2D eigenvalue weighted by Gasteiger charge is 2.39. The van der Waals surface area contributed by atoms with E-state index < -0.39 is 10.0 Å². The van der Waals surface area contributed by atoms with Crippen molar-refractivity contribution in [1.82, 2.24) is 10.1 Å². The Labute approximate surface area is 175 Å². The van der Waals surface area contributed by atoms with Crippen molar-refractivity contribution in [3.05, 3.63) is 54.1 Å². The van der Waals surface area contributed by atoms with Gasteiger partial charge >= 0.3 is 0 Å². The molecule has 9 heteroatoms. The second kappa shape index (κ2) is 8.08. The van der Waals surface area contributed by atoms with E-state index >= 15 is 0 Å². The Bertz CT molecular complexity index is 1060. The molecule has 8 nitrogen and oxygen atoms in total. The van der Waals surface area contributed by atoms with Crippen LogP contribution < -0.4 is 20.9 Å². The number of sulfonamides is 1. The van der Waals surface area contributed by atoms with Crippen LogP contribution in [0.15, 0.2) is 53.4 Å². The first-order chi connectivity index (χ1) is 14.3. The Kier molecular flexibility index (Phi) is 5.48. The molecule has 2 amide bonds. The van der Waals surface area contributed by atoms with Gasteiger partial charge in [-0.05, 0) is 67.6 Å². The van der Waals surface area contributed by atoms with Crippen LogP contribution in [-0.2, 0) is 14.8 Å². The van der Waals surface area contributed by atoms with Gasteiger partial charge in [-0.2, -0.15) is 0 Å². The lowest BCUT2D eigenvalue weighted by molar-refractivity contribution is -0.117. The number of hydrogen-bond donors (Lipinski definition) is 4. The van der Waals surface area contributed by atoms with E-state index in [1.54, 1.807) is 36.4 Å². The van der Waals surface area contributed by atoms with Gasteiger partial charge in [0.1, 0.15) is 0 Å². The minimum Gasteiger partial charge on any atom is -0.326 e. The van der Waals surface area contributed by atoms with Gasteiger partial charge < -0.3 is 5.32 Å². The van der Waals surface area contributed by atoms with Gasteiger partial charge in [-0.15, -0.1) is 0 Å². The van der Waals surface area contributed by atoms with Crippen LogP contribution >= 0.6 is 0 Å². The van der Waals surface area contributed by atoms with E-state index in [4.69, 9.17) is 0 Å². The molecule has 2 aliphatic carbocycles. The van der Waals surface area contributed by atoms with E-state index in [1.807, 2.05) is 6.92 Å². The molecule has 0 radical (unpaired) electrons. The van der Waals surface area contributed by atoms with Crippen LogP contribution in [0, 0.1) is 11.8 Å². The number of amides is 2. The number of benzene rings is 2. The first-order valence-electron chi connectivity index (χ1n) is 9.91. The molecular formula is C21H24N4O4S. The molecule has 0 saturated heterocycles. The van der Waals surface area contributed by atoms with Gasteiger partial charge in [0.05, 0.1) is 10.6 Å². The minimum atomic E-state index is -3.51. The largest absolute Gasteiger partial charge is 0.326 e. The number of rotatable bonds is 8. The molecule has 0 aliphatic heterocycles. The molecule has 2 atom stereocenters. The lowest BCUT2D eigenvalue weighted by atomic mass is 10.2. The van der Waals surface area contributed by atoms with Crippen molar-refractivity contribution in [3.63, 3.8) is 0 Å². The number of anilines is 2. The Morgan fingerprint density at radius 2 is 1.70 bits per heavy atom. The van der Waals surface area contributed by atoms with Crippen LogP contribution in [0.5, 0.6) is 0 Å². The summed E-state index contributed by atoms with van der Waals surface area (Å²) in [6, 6.07) is 12.9. The smallest absolute Gasteiger partial charge is 0.269 e. The first kappa shape index (κ1) is 20.4.